The van der Waals surface area contributed by atoms with Gasteiger partial charge in [0.2, 0.25) is 10.0 Å². The molecule has 7 nitrogen and oxygen atoms in total. The van der Waals surface area contributed by atoms with Crippen LogP contribution in [0.2, 0.25) is 0 Å². The van der Waals surface area contributed by atoms with Gasteiger partial charge in [-0.2, -0.15) is 5.10 Å². The summed E-state index contributed by atoms with van der Waals surface area (Å²) >= 11 is 0. The van der Waals surface area contributed by atoms with Crippen molar-refractivity contribution in [3.05, 3.63) is 46.8 Å². The first-order chi connectivity index (χ1) is 14.4. The normalized spacial score (nSPS) is 18.5. The van der Waals surface area contributed by atoms with Crippen LogP contribution in [0.3, 0.4) is 0 Å². The van der Waals surface area contributed by atoms with Crippen molar-refractivity contribution in [3.63, 3.8) is 0 Å². The number of hydrogen-bond acceptors (Lipinski definition) is 5. The number of piperidine rings is 1. The van der Waals surface area contributed by atoms with E-state index in [-0.39, 0.29) is 10.9 Å². The van der Waals surface area contributed by atoms with Crippen LogP contribution in [0.4, 0.5) is 8.78 Å². The standard InChI is InChI=1S/C20H26F2N4O3S/c1-2-26-20-7-10-29-13-16(20)19(23-26)12-25-8-5-14(6-9-25)24-30(27,28)15-3-4-17(21)18(22)11-15/h3-4,11,14,24H,2,5-10,12-13H2,1H3. The number of likely N-dealkylation sites (tertiary alicyclic amines) is 1. The number of aromatic nitrogens is 2. The van der Waals surface area contributed by atoms with Crippen molar-refractivity contribution in [2.24, 2.45) is 0 Å². The summed E-state index contributed by atoms with van der Waals surface area (Å²) in [7, 11) is -3.90. The molecule has 2 aliphatic rings. The number of sulfonamides is 1. The second kappa shape index (κ2) is 8.70. The molecule has 0 unspecified atom stereocenters. The molecule has 0 bridgehead atoms. The summed E-state index contributed by atoms with van der Waals surface area (Å²) in [5.74, 6) is -2.24. The van der Waals surface area contributed by atoms with Crippen LogP contribution in [0, 0.1) is 11.6 Å². The molecule has 0 saturated carbocycles. The summed E-state index contributed by atoms with van der Waals surface area (Å²) in [5, 5.41) is 4.76. The summed E-state index contributed by atoms with van der Waals surface area (Å²) in [6.07, 6.45) is 2.15. The lowest BCUT2D eigenvalue weighted by molar-refractivity contribution is 0.107. The minimum Gasteiger partial charge on any atom is -0.376 e. The van der Waals surface area contributed by atoms with Crippen molar-refractivity contribution in [3.8, 4) is 0 Å². The molecular formula is C20H26F2N4O3S. The molecule has 0 aliphatic carbocycles. The van der Waals surface area contributed by atoms with Crippen LogP contribution in [0.5, 0.6) is 0 Å². The van der Waals surface area contributed by atoms with Gasteiger partial charge in [0.15, 0.2) is 11.6 Å². The third kappa shape index (κ3) is 4.41. The van der Waals surface area contributed by atoms with Crippen LogP contribution in [0.15, 0.2) is 23.1 Å². The number of rotatable bonds is 6. The Morgan fingerprint density at radius 3 is 2.70 bits per heavy atom. The van der Waals surface area contributed by atoms with Crippen LogP contribution in [0.1, 0.15) is 36.7 Å². The smallest absolute Gasteiger partial charge is 0.240 e. The minimum atomic E-state index is -3.90. The fraction of sp³-hybridized carbons (Fsp3) is 0.550. The number of nitrogens with one attached hydrogen (secondary N) is 1. The first kappa shape index (κ1) is 21.4. The van der Waals surface area contributed by atoms with Crippen molar-refractivity contribution >= 4 is 10.0 Å². The molecule has 0 atom stereocenters. The van der Waals surface area contributed by atoms with Gasteiger partial charge in [-0.3, -0.25) is 9.58 Å². The summed E-state index contributed by atoms with van der Waals surface area (Å²) in [6, 6.07) is 2.37. The average molecular weight is 441 g/mol. The SMILES string of the molecule is CCn1nc(CN2CCC(NS(=O)(=O)c3ccc(F)c(F)c3)CC2)c2c1CCOC2. The van der Waals surface area contributed by atoms with Crippen molar-refractivity contribution in [1.82, 2.24) is 19.4 Å². The molecule has 1 aromatic heterocycles. The van der Waals surface area contributed by atoms with E-state index < -0.39 is 21.7 Å². The zero-order chi connectivity index (χ0) is 21.3. The van der Waals surface area contributed by atoms with Gasteiger partial charge in [-0.1, -0.05) is 0 Å². The molecule has 10 heteroatoms. The van der Waals surface area contributed by atoms with Crippen LogP contribution in [-0.2, 0) is 40.9 Å². The maximum atomic E-state index is 13.4. The van der Waals surface area contributed by atoms with Gasteiger partial charge in [-0.15, -0.1) is 0 Å². The number of nitrogens with zero attached hydrogens (tertiary/aromatic N) is 3. The number of fused-ring (bicyclic) bond motifs is 1. The van der Waals surface area contributed by atoms with Gasteiger partial charge in [0.1, 0.15) is 0 Å². The average Bonchev–Trinajstić information content (AvgIpc) is 3.09. The van der Waals surface area contributed by atoms with Gasteiger partial charge in [-0.05, 0) is 38.0 Å². The molecular weight excluding hydrogens is 414 g/mol. The number of halogens is 2. The monoisotopic (exact) mass is 440 g/mol. The van der Waals surface area contributed by atoms with E-state index >= 15 is 0 Å². The van der Waals surface area contributed by atoms with E-state index in [0.29, 0.717) is 32.1 Å². The molecule has 0 spiro atoms. The van der Waals surface area contributed by atoms with Crippen LogP contribution in [0.25, 0.3) is 0 Å². The van der Waals surface area contributed by atoms with Gasteiger partial charge in [0, 0.05) is 49.9 Å². The molecule has 1 fully saturated rings. The zero-order valence-corrected chi connectivity index (χ0v) is 17.7. The highest BCUT2D eigenvalue weighted by Crippen LogP contribution is 2.24. The fourth-order valence-electron chi connectivity index (χ4n) is 4.12. The lowest BCUT2D eigenvalue weighted by Crippen LogP contribution is -2.44. The third-order valence-electron chi connectivity index (χ3n) is 5.76. The molecule has 1 aromatic carbocycles. The minimum absolute atomic E-state index is 0.246. The summed E-state index contributed by atoms with van der Waals surface area (Å²) in [5.41, 5.74) is 3.48. The molecule has 2 aliphatic heterocycles. The quantitative estimate of drug-likeness (QED) is 0.745. The molecule has 0 amide bonds. The first-order valence-corrected chi connectivity index (χ1v) is 11.7. The van der Waals surface area contributed by atoms with E-state index in [1.54, 1.807) is 0 Å². The number of hydrogen-bond donors (Lipinski definition) is 1. The predicted octanol–water partition coefficient (Wildman–Crippen LogP) is 2.20. The van der Waals surface area contributed by atoms with Crippen LogP contribution in [-0.4, -0.2) is 48.8 Å². The van der Waals surface area contributed by atoms with Crippen molar-refractivity contribution in [1.29, 1.82) is 0 Å². The Kier molecular flexibility index (Phi) is 6.19. The molecule has 4 rings (SSSR count). The van der Waals surface area contributed by atoms with Gasteiger partial charge < -0.3 is 4.74 Å². The van der Waals surface area contributed by atoms with Crippen LogP contribution >= 0.6 is 0 Å². The second-order valence-corrected chi connectivity index (χ2v) is 9.45. The number of ether oxygens (including phenoxy) is 1. The van der Waals surface area contributed by atoms with Crippen LogP contribution < -0.4 is 4.72 Å². The maximum absolute atomic E-state index is 13.4. The second-order valence-electron chi connectivity index (χ2n) is 7.74. The van der Waals surface area contributed by atoms with Gasteiger partial charge in [-0.25, -0.2) is 21.9 Å². The summed E-state index contributed by atoms with van der Waals surface area (Å²) in [4.78, 5) is 2.00. The van der Waals surface area contributed by atoms with E-state index in [9.17, 15) is 17.2 Å². The third-order valence-corrected chi connectivity index (χ3v) is 7.28. The Morgan fingerprint density at radius 1 is 1.23 bits per heavy atom. The number of benzene rings is 1. The van der Waals surface area contributed by atoms with Gasteiger partial charge in [0.25, 0.3) is 0 Å². The molecule has 3 heterocycles. The Balaban J connectivity index is 1.36. The largest absolute Gasteiger partial charge is 0.376 e. The predicted molar refractivity (Wildman–Crippen MR) is 106 cm³/mol. The van der Waals surface area contributed by atoms with E-state index in [1.807, 2.05) is 0 Å². The highest BCUT2D eigenvalue weighted by atomic mass is 32.2. The van der Waals surface area contributed by atoms with E-state index in [2.05, 4.69) is 21.2 Å². The van der Waals surface area contributed by atoms with Crippen molar-refractivity contribution < 1.29 is 21.9 Å². The summed E-state index contributed by atoms with van der Waals surface area (Å²) in [6.45, 7) is 6.38. The lowest BCUT2D eigenvalue weighted by atomic mass is 10.0. The Labute approximate surface area is 175 Å². The Morgan fingerprint density at radius 2 is 2.00 bits per heavy atom. The van der Waals surface area contributed by atoms with E-state index in [0.717, 1.165) is 50.5 Å². The van der Waals surface area contributed by atoms with Crippen molar-refractivity contribution in [2.45, 2.75) is 56.8 Å². The molecule has 164 valence electrons. The highest BCUT2D eigenvalue weighted by Gasteiger charge is 2.27. The number of aryl methyl sites for hydroxylation is 1. The molecule has 30 heavy (non-hydrogen) atoms. The molecule has 0 radical (unpaired) electrons. The van der Waals surface area contributed by atoms with E-state index in [1.165, 1.54) is 11.3 Å². The lowest BCUT2D eigenvalue weighted by Gasteiger charge is -2.32. The Hall–Kier alpha value is -1.88. The van der Waals surface area contributed by atoms with Gasteiger partial charge >= 0.3 is 0 Å². The molecule has 1 N–H and O–H groups in total. The molecule has 2 aromatic rings. The topological polar surface area (TPSA) is 76.5 Å². The fourth-order valence-corrected chi connectivity index (χ4v) is 5.44. The zero-order valence-electron chi connectivity index (χ0n) is 16.9. The van der Waals surface area contributed by atoms with E-state index in [4.69, 9.17) is 9.84 Å². The maximum Gasteiger partial charge on any atom is 0.240 e. The summed E-state index contributed by atoms with van der Waals surface area (Å²) < 4.78 is 61.8. The Bertz CT molecular complexity index is 1020. The van der Waals surface area contributed by atoms with Gasteiger partial charge in [0.05, 0.1) is 23.8 Å². The first-order valence-electron chi connectivity index (χ1n) is 10.2. The van der Waals surface area contributed by atoms with Crippen molar-refractivity contribution in [2.75, 3.05) is 19.7 Å². The molecule has 1 saturated heterocycles. The highest BCUT2D eigenvalue weighted by molar-refractivity contribution is 7.89.